The fourth-order valence-electron chi connectivity index (χ4n) is 2.92. The van der Waals surface area contributed by atoms with Gasteiger partial charge in [0.05, 0.1) is 0 Å². The smallest absolute Gasteiger partial charge is 0.223 e. The molecule has 0 saturated heterocycles. The van der Waals surface area contributed by atoms with Gasteiger partial charge in [-0.15, -0.1) is 0 Å². The topological polar surface area (TPSA) is 69.4 Å². The molecule has 0 aliphatic rings. The average Bonchev–Trinajstić information content (AvgIpc) is 3.07. The molecule has 5 nitrogen and oxygen atoms in total. The van der Waals surface area contributed by atoms with E-state index >= 15 is 0 Å². The number of rotatable bonds is 7. The highest BCUT2D eigenvalue weighted by Gasteiger charge is 2.11. The highest BCUT2D eigenvalue weighted by molar-refractivity contribution is 5.90. The van der Waals surface area contributed by atoms with Crippen LogP contribution >= 0.6 is 0 Å². The number of hydrogen-bond donors (Lipinski definition) is 0. The number of carboxylic acid groups (broad SMARTS) is 1. The number of para-hydroxylation sites is 2. The molecule has 26 heavy (non-hydrogen) atoms. The van der Waals surface area contributed by atoms with Gasteiger partial charge in [-0.2, -0.15) is 0 Å². The number of anilines is 1. The molecule has 134 valence electrons. The molecule has 0 atom stereocenters. The summed E-state index contributed by atoms with van der Waals surface area (Å²) in [4.78, 5) is 17.8. The number of aromatic nitrogens is 1. The van der Waals surface area contributed by atoms with Crippen molar-refractivity contribution in [3.8, 4) is 0 Å². The standard InChI is InChI=1S/C21H22N2O3/c1-3-23(4-2)17-11-9-15(10-12-17)13-16(14-20(24)25)21-22-18-7-5-6-8-19(18)26-21/h5-13H,3-4,14H2,1-2H3,(H,24,25)/p-1/b16-13+. The minimum atomic E-state index is -1.17. The van der Waals surface area contributed by atoms with Crippen LogP contribution < -0.4 is 10.0 Å². The number of aliphatic carboxylic acids is 1. The summed E-state index contributed by atoms with van der Waals surface area (Å²) in [6, 6.07) is 15.3. The summed E-state index contributed by atoms with van der Waals surface area (Å²) < 4.78 is 5.72. The Morgan fingerprint density at radius 3 is 2.42 bits per heavy atom. The molecule has 2 aromatic carbocycles. The Bertz CT molecular complexity index is 889. The lowest BCUT2D eigenvalue weighted by Crippen LogP contribution is -2.22. The lowest BCUT2D eigenvalue weighted by molar-refractivity contribution is -0.304. The van der Waals surface area contributed by atoms with Gasteiger partial charge in [-0.25, -0.2) is 4.98 Å². The third-order valence-corrected chi connectivity index (χ3v) is 4.27. The summed E-state index contributed by atoms with van der Waals surface area (Å²) in [6.07, 6.45) is 1.52. The van der Waals surface area contributed by atoms with Crippen LogP contribution in [0.15, 0.2) is 52.9 Å². The van der Waals surface area contributed by atoms with Crippen molar-refractivity contribution in [2.24, 2.45) is 0 Å². The van der Waals surface area contributed by atoms with Crippen LogP contribution in [-0.2, 0) is 4.79 Å². The highest BCUT2D eigenvalue weighted by atomic mass is 16.4. The van der Waals surface area contributed by atoms with Gasteiger partial charge >= 0.3 is 0 Å². The van der Waals surface area contributed by atoms with Crippen LogP contribution in [0, 0.1) is 0 Å². The Morgan fingerprint density at radius 2 is 1.81 bits per heavy atom. The molecule has 0 saturated carbocycles. The zero-order valence-corrected chi connectivity index (χ0v) is 14.9. The Hall–Kier alpha value is -3.08. The van der Waals surface area contributed by atoms with Gasteiger partial charge in [0, 0.05) is 36.7 Å². The lowest BCUT2D eigenvalue weighted by atomic mass is 10.1. The molecule has 0 bridgehead atoms. The maximum Gasteiger partial charge on any atom is 0.223 e. The van der Waals surface area contributed by atoms with E-state index in [1.807, 2.05) is 42.5 Å². The van der Waals surface area contributed by atoms with E-state index in [1.54, 1.807) is 12.1 Å². The first kappa shape index (κ1) is 17.7. The summed E-state index contributed by atoms with van der Waals surface area (Å²) in [5.74, 6) is -0.860. The number of hydrogen-bond acceptors (Lipinski definition) is 5. The molecule has 5 heteroatoms. The van der Waals surface area contributed by atoms with Gasteiger partial charge in [-0.1, -0.05) is 24.3 Å². The van der Waals surface area contributed by atoms with Crippen LogP contribution in [0.1, 0.15) is 31.7 Å². The molecule has 0 aliphatic carbocycles. The first-order valence-electron chi connectivity index (χ1n) is 8.72. The molecule has 0 amide bonds. The minimum absolute atomic E-state index is 0.259. The number of benzene rings is 2. The lowest BCUT2D eigenvalue weighted by Gasteiger charge is -2.20. The summed E-state index contributed by atoms with van der Waals surface area (Å²) in [5.41, 5.74) is 3.83. The molecule has 0 fully saturated rings. The first-order valence-corrected chi connectivity index (χ1v) is 8.72. The molecule has 0 aliphatic heterocycles. The number of carboxylic acids is 1. The molecule has 1 aromatic heterocycles. The van der Waals surface area contributed by atoms with Crippen LogP contribution in [0.3, 0.4) is 0 Å². The number of nitrogens with zero attached hydrogens (tertiary/aromatic N) is 2. The van der Waals surface area contributed by atoms with E-state index < -0.39 is 5.97 Å². The molecule has 0 radical (unpaired) electrons. The van der Waals surface area contributed by atoms with Crippen LogP contribution in [0.5, 0.6) is 0 Å². The Balaban J connectivity index is 1.95. The third-order valence-electron chi connectivity index (χ3n) is 4.27. The van der Waals surface area contributed by atoms with Crippen molar-refractivity contribution < 1.29 is 14.3 Å². The van der Waals surface area contributed by atoms with Gasteiger partial charge in [0.2, 0.25) is 5.89 Å². The van der Waals surface area contributed by atoms with E-state index in [-0.39, 0.29) is 6.42 Å². The second-order valence-electron chi connectivity index (χ2n) is 5.97. The molecule has 0 N–H and O–H groups in total. The van der Waals surface area contributed by atoms with Gasteiger partial charge in [0.1, 0.15) is 5.52 Å². The second kappa shape index (κ2) is 7.87. The summed E-state index contributed by atoms with van der Waals surface area (Å²) in [5, 5.41) is 11.2. The first-order chi connectivity index (χ1) is 12.6. The van der Waals surface area contributed by atoms with Crippen LogP contribution in [0.2, 0.25) is 0 Å². The van der Waals surface area contributed by atoms with Crippen molar-refractivity contribution in [3.63, 3.8) is 0 Å². The summed E-state index contributed by atoms with van der Waals surface area (Å²) in [7, 11) is 0. The SMILES string of the molecule is CCN(CC)c1ccc(/C=C(\CC(=O)[O-])c2nc3ccccc3o2)cc1. The van der Waals surface area contributed by atoms with E-state index in [9.17, 15) is 9.90 Å². The molecule has 3 aromatic rings. The number of carbonyl (C=O) groups is 1. The van der Waals surface area contributed by atoms with E-state index in [1.165, 1.54) is 0 Å². The molecule has 3 rings (SSSR count). The Kier molecular flexibility index (Phi) is 5.37. The van der Waals surface area contributed by atoms with E-state index in [4.69, 9.17) is 4.42 Å². The molecule has 0 spiro atoms. The maximum absolute atomic E-state index is 11.2. The quantitative estimate of drug-likeness (QED) is 0.654. The number of fused-ring (bicyclic) bond motifs is 1. The monoisotopic (exact) mass is 349 g/mol. The van der Waals surface area contributed by atoms with Crippen molar-refractivity contribution in [3.05, 3.63) is 60.0 Å². The third kappa shape index (κ3) is 3.94. The van der Waals surface area contributed by atoms with Crippen LogP contribution in [0.4, 0.5) is 5.69 Å². The molecular formula is C21H21N2O3-. The number of carbonyl (C=O) groups excluding carboxylic acids is 1. The van der Waals surface area contributed by atoms with Crippen molar-refractivity contribution in [2.75, 3.05) is 18.0 Å². The predicted octanol–water partition coefficient (Wildman–Crippen LogP) is 3.35. The van der Waals surface area contributed by atoms with Gasteiger partial charge in [-0.05, 0) is 49.8 Å². The van der Waals surface area contributed by atoms with Crippen molar-refractivity contribution >= 4 is 34.4 Å². The van der Waals surface area contributed by atoms with Crippen molar-refractivity contribution in [2.45, 2.75) is 20.3 Å². The summed E-state index contributed by atoms with van der Waals surface area (Å²) in [6.45, 7) is 6.10. The highest BCUT2D eigenvalue weighted by Crippen LogP contribution is 2.26. The minimum Gasteiger partial charge on any atom is -0.550 e. The van der Waals surface area contributed by atoms with E-state index in [0.717, 1.165) is 24.3 Å². The van der Waals surface area contributed by atoms with Crippen LogP contribution in [-0.4, -0.2) is 24.0 Å². The largest absolute Gasteiger partial charge is 0.550 e. The Labute approximate surface area is 152 Å². The molecular weight excluding hydrogens is 328 g/mol. The Morgan fingerprint density at radius 1 is 1.12 bits per heavy atom. The fraction of sp³-hybridized carbons (Fsp3) is 0.238. The van der Waals surface area contributed by atoms with Gasteiger partial charge in [0.15, 0.2) is 5.58 Å². The number of oxazole rings is 1. The fourth-order valence-corrected chi connectivity index (χ4v) is 2.92. The van der Waals surface area contributed by atoms with E-state index in [2.05, 4.69) is 23.7 Å². The van der Waals surface area contributed by atoms with E-state index in [0.29, 0.717) is 22.6 Å². The second-order valence-corrected chi connectivity index (χ2v) is 5.97. The van der Waals surface area contributed by atoms with Gasteiger partial charge in [-0.3, -0.25) is 0 Å². The average molecular weight is 349 g/mol. The maximum atomic E-state index is 11.2. The van der Waals surface area contributed by atoms with Gasteiger partial charge in [0.25, 0.3) is 0 Å². The van der Waals surface area contributed by atoms with Crippen molar-refractivity contribution in [1.29, 1.82) is 0 Å². The normalized spacial score (nSPS) is 11.7. The zero-order chi connectivity index (χ0) is 18.5. The predicted molar refractivity (Wildman–Crippen MR) is 102 cm³/mol. The molecule has 0 unspecified atom stereocenters. The van der Waals surface area contributed by atoms with Gasteiger partial charge < -0.3 is 19.2 Å². The zero-order valence-electron chi connectivity index (χ0n) is 14.9. The van der Waals surface area contributed by atoms with Crippen molar-refractivity contribution in [1.82, 2.24) is 4.98 Å². The molecule has 1 heterocycles. The van der Waals surface area contributed by atoms with Crippen LogP contribution in [0.25, 0.3) is 22.7 Å². The summed E-state index contributed by atoms with van der Waals surface area (Å²) >= 11 is 0.